The second-order valence-corrected chi connectivity index (χ2v) is 10.6. The van der Waals surface area contributed by atoms with Crippen molar-refractivity contribution in [3.8, 4) is 11.5 Å². The number of urea groups is 1. The minimum Gasteiger partial charge on any atom is -0.415 e. The van der Waals surface area contributed by atoms with Gasteiger partial charge in [0.15, 0.2) is 9.84 Å². The van der Waals surface area contributed by atoms with E-state index in [2.05, 4.69) is 20.4 Å². The second kappa shape index (κ2) is 9.05. The summed E-state index contributed by atoms with van der Waals surface area (Å²) in [5, 5.41) is 15.4. The lowest BCUT2D eigenvalue weighted by Gasteiger charge is -2.31. The Labute approximate surface area is 190 Å². The number of sulfone groups is 1. The summed E-state index contributed by atoms with van der Waals surface area (Å²) in [6.07, 6.45) is -2.95. The molecule has 15 heteroatoms. The van der Waals surface area contributed by atoms with Crippen molar-refractivity contribution in [1.82, 2.24) is 25.3 Å². The number of halogens is 3. The summed E-state index contributed by atoms with van der Waals surface area (Å²) in [4.78, 5) is 15.8. The Kier molecular flexibility index (Phi) is 6.34. The molecule has 10 nitrogen and oxygen atoms in total. The number of nitrogens with zero attached hydrogens (tertiary/aromatic N) is 6. The van der Waals surface area contributed by atoms with Gasteiger partial charge in [-0.1, -0.05) is 17.4 Å². The Balaban J connectivity index is 1.59. The van der Waals surface area contributed by atoms with Crippen molar-refractivity contribution in [2.75, 3.05) is 29.5 Å². The predicted molar refractivity (Wildman–Crippen MR) is 111 cm³/mol. The van der Waals surface area contributed by atoms with E-state index in [1.165, 1.54) is 21.9 Å². The zero-order valence-corrected chi connectivity index (χ0v) is 18.7. The molecule has 4 rings (SSSR count). The van der Waals surface area contributed by atoms with E-state index in [1.807, 2.05) is 0 Å². The first-order chi connectivity index (χ1) is 15.6. The smallest absolute Gasteiger partial charge is 0.326 e. The van der Waals surface area contributed by atoms with Crippen LogP contribution in [0.1, 0.15) is 22.9 Å². The Morgan fingerprint density at radius 1 is 1.21 bits per heavy atom. The second-order valence-electron chi connectivity index (χ2n) is 7.16. The molecule has 0 saturated carbocycles. The lowest BCUT2D eigenvalue weighted by atomic mass is 10.1. The number of aryl methyl sites for hydroxylation is 1. The monoisotopic (exact) mass is 502 g/mol. The third-order valence-corrected chi connectivity index (χ3v) is 7.32. The fourth-order valence-electron chi connectivity index (χ4n) is 3.11. The summed E-state index contributed by atoms with van der Waals surface area (Å²) >= 11 is 1.13. The highest BCUT2D eigenvalue weighted by Crippen LogP contribution is 2.28. The van der Waals surface area contributed by atoms with Crippen molar-refractivity contribution in [3.05, 3.63) is 40.5 Å². The molecule has 1 aliphatic heterocycles. The molecule has 1 fully saturated rings. The fourth-order valence-corrected chi connectivity index (χ4v) is 4.99. The number of hydrogen-bond acceptors (Lipinski definition) is 9. The maximum Gasteiger partial charge on any atom is 0.326 e. The van der Waals surface area contributed by atoms with Gasteiger partial charge in [-0.2, -0.15) is 8.78 Å². The molecule has 1 saturated heterocycles. The van der Waals surface area contributed by atoms with Crippen molar-refractivity contribution in [2.24, 2.45) is 0 Å². The fraction of sp³-hybridized carbons (Fsp3) is 0.389. The highest BCUT2D eigenvalue weighted by atomic mass is 32.2. The van der Waals surface area contributed by atoms with Gasteiger partial charge in [0.25, 0.3) is 5.89 Å². The molecule has 0 atom stereocenters. The summed E-state index contributed by atoms with van der Waals surface area (Å²) in [5.41, 5.74) is 0.208. The average molecular weight is 503 g/mol. The maximum atomic E-state index is 14.9. The van der Waals surface area contributed by atoms with Gasteiger partial charge in [-0.05, 0) is 19.1 Å². The van der Waals surface area contributed by atoms with E-state index in [-0.39, 0.29) is 53.3 Å². The van der Waals surface area contributed by atoms with Gasteiger partial charge in [-0.15, -0.1) is 20.4 Å². The van der Waals surface area contributed by atoms with Crippen molar-refractivity contribution < 1.29 is 30.8 Å². The standard InChI is InChI=1S/C18H17F3N6O4S2/c1-10-22-25-17(32-10)27(18(28)26-4-6-33(29,30)7-5-26)9-12-3-2-11(8-13(12)19)15-23-24-16(31-15)14(20)21/h2-3,8,14H,4-7,9H2,1H3. The van der Waals surface area contributed by atoms with Crippen LogP contribution in [0.3, 0.4) is 0 Å². The van der Waals surface area contributed by atoms with E-state index in [1.54, 1.807) is 6.92 Å². The molecule has 2 amide bonds. The summed E-state index contributed by atoms with van der Waals surface area (Å²) < 4.78 is 68.5. The number of rotatable bonds is 5. The van der Waals surface area contributed by atoms with Crippen LogP contribution in [-0.2, 0) is 16.4 Å². The van der Waals surface area contributed by atoms with Crippen LogP contribution < -0.4 is 4.90 Å². The maximum absolute atomic E-state index is 14.9. The average Bonchev–Trinajstić information content (AvgIpc) is 3.42. The first-order valence-electron chi connectivity index (χ1n) is 9.60. The van der Waals surface area contributed by atoms with Crippen LogP contribution in [0.5, 0.6) is 0 Å². The number of alkyl halides is 2. The van der Waals surface area contributed by atoms with Crippen LogP contribution in [-0.4, -0.2) is 64.3 Å². The first kappa shape index (κ1) is 23.1. The number of hydrogen-bond donors (Lipinski definition) is 0. The first-order valence-corrected chi connectivity index (χ1v) is 12.2. The summed E-state index contributed by atoms with van der Waals surface area (Å²) in [6, 6.07) is 3.29. The molecule has 3 aromatic rings. The largest absolute Gasteiger partial charge is 0.415 e. The van der Waals surface area contributed by atoms with Gasteiger partial charge in [0, 0.05) is 24.2 Å². The van der Waals surface area contributed by atoms with E-state index in [0.717, 1.165) is 17.4 Å². The van der Waals surface area contributed by atoms with Gasteiger partial charge >= 0.3 is 12.5 Å². The summed E-state index contributed by atoms with van der Waals surface area (Å²) in [6.45, 7) is 1.51. The molecule has 0 N–H and O–H groups in total. The van der Waals surface area contributed by atoms with Crippen molar-refractivity contribution >= 4 is 32.3 Å². The number of anilines is 1. The van der Waals surface area contributed by atoms with Gasteiger partial charge in [-0.3, -0.25) is 4.90 Å². The number of carbonyl (C=O) groups is 1. The van der Waals surface area contributed by atoms with Crippen LogP contribution in [0.15, 0.2) is 22.6 Å². The lowest BCUT2D eigenvalue weighted by molar-refractivity contribution is 0.116. The topological polar surface area (TPSA) is 122 Å². The van der Waals surface area contributed by atoms with E-state index in [9.17, 15) is 26.4 Å². The van der Waals surface area contributed by atoms with Crippen LogP contribution in [0.25, 0.3) is 11.5 Å². The van der Waals surface area contributed by atoms with Crippen molar-refractivity contribution in [1.29, 1.82) is 0 Å². The third-order valence-electron chi connectivity index (χ3n) is 4.85. The molecule has 3 heterocycles. The molecule has 0 bridgehead atoms. The van der Waals surface area contributed by atoms with E-state index in [4.69, 9.17) is 4.42 Å². The van der Waals surface area contributed by atoms with Gasteiger partial charge in [0.2, 0.25) is 11.0 Å². The van der Waals surface area contributed by atoms with Crippen molar-refractivity contribution in [2.45, 2.75) is 19.9 Å². The molecular weight excluding hydrogens is 485 g/mol. The quantitative estimate of drug-likeness (QED) is 0.522. The summed E-state index contributed by atoms with van der Waals surface area (Å²) in [5.74, 6) is -2.19. The minimum atomic E-state index is -3.20. The molecule has 33 heavy (non-hydrogen) atoms. The van der Waals surface area contributed by atoms with Crippen LogP contribution >= 0.6 is 11.3 Å². The molecule has 0 unspecified atom stereocenters. The van der Waals surface area contributed by atoms with E-state index >= 15 is 0 Å². The summed E-state index contributed by atoms with van der Waals surface area (Å²) in [7, 11) is -3.20. The van der Waals surface area contributed by atoms with Crippen molar-refractivity contribution in [3.63, 3.8) is 0 Å². The molecule has 0 spiro atoms. The van der Waals surface area contributed by atoms with Gasteiger partial charge in [-0.25, -0.2) is 17.6 Å². The SMILES string of the molecule is Cc1nnc(N(Cc2ccc(-c3nnc(C(F)F)o3)cc2F)C(=O)N2CCS(=O)(=O)CC2)s1. The molecule has 0 aliphatic carbocycles. The Morgan fingerprint density at radius 3 is 2.52 bits per heavy atom. The number of aromatic nitrogens is 4. The molecular formula is C18H17F3N6O4S2. The Bertz CT molecular complexity index is 1270. The van der Waals surface area contributed by atoms with E-state index < -0.39 is 34.0 Å². The van der Waals surface area contributed by atoms with Gasteiger partial charge in [0.1, 0.15) is 10.8 Å². The predicted octanol–water partition coefficient (Wildman–Crippen LogP) is 2.83. The third kappa shape index (κ3) is 5.13. The highest BCUT2D eigenvalue weighted by molar-refractivity contribution is 7.91. The molecule has 176 valence electrons. The zero-order chi connectivity index (χ0) is 23.8. The Morgan fingerprint density at radius 2 is 1.94 bits per heavy atom. The molecule has 1 aromatic carbocycles. The molecule has 0 radical (unpaired) electrons. The molecule has 1 aliphatic rings. The molecule has 2 aromatic heterocycles. The Hall–Kier alpha value is -3.07. The lowest BCUT2D eigenvalue weighted by Crippen LogP contribution is -2.49. The zero-order valence-electron chi connectivity index (χ0n) is 17.1. The number of benzene rings is 1. The minimum absolute atomic E-state index is 0.0144. The van der Waals surface area contributed by atoms with E-state index in [0.29, 0.717) is 5.01 Å². The van der Waals surface area contributed by atoms with Crippen LogP contribution in [0, 0.1) is 12.7 Å². The van der Waals surface area contributed by atoms with Gasteiger partial charge < -0.3 is 9.32 Å². The normalized spacial score (nSPS) is 15.7. The van der Waals surface area contributed by atoms with Crippen LogP contribution in [0.4, 0.5) is 23.1 Å². The number of amides is 2. The van der Waals surface area contributed by atoms with Crippen LogP contribution in [0.2, 0.25) is 0 Å². The highest BCUT2D eigenvalue weighted by Gasteiger charge is 2.31. The number of carbonyl (C=O) groups excluding carboxylic acids is 1. The van der Waals surface area contributed by atoms with Gasteiger partial charge in [0.05, 0.1) is 18.1 Å².